The van der Waals surface area contributed by atoms with Gasteiger partial charge in [-0.05, 0) is 24.1 Å². The maximum atomic E-state index is 13.6. The Labute approximate surface area is 113 Å². The van der Waals surface area contributed by atoms with Crippen molar-refractivity contribution in [2.75, 3.05) is 0 Å². The van der Waals surface area contributed by atoms with E-state index < -0.39 is 21.5 Å². The number of hydrogen-bond donors (Lipinski definition) is 1. The summed E-state index contributed by atoms with van der Waals surface area (Å²) in [7, 11) is 0. The van der Waals surface area contributed by atoms with Gasteiger partial charge in [0.15, 0.2) is 3.79 Å². The molecule has 0 fully saturated rings. The second kappa shape index (κ2) is 5.42. The van der Waals surface area contributed by atoms with Gasteiger partial charge in [0.05, 0.1) is 5.92 Å². The molecule has 0 heterocycles. The second-order valence-corrected chi connectivity index (χ2v) is 6.22. The van der Waals surface area contributed by atoms with Gasteiger partial charge in [-0.2, -0.15) is 0 Å². The summed E-state index contributed by atoms with van der Waals surface area (Å²) in [6, 6.07) is 4.12. The van der Waals surface area contributed by atoms with Crippen LogP contribution >= 0.6 is 34.8 Å². The summed E-state index contributed by atoms with van der Waals surface area (Å²) < 4.78 is 12.1. The van der Waals surface area contributed by atoms with Crippen LogP contribution in [0, 0.1) is 5.82 Å². The van der Waals surface area contributed by atoms with Gasteiger partial charge in [-0.1, -0.05) is 46.9 Å². The Balaban J connectivity index is 2.98. The van der Waals surface area contributed by atoms with Crippen molar-refractivity contribution in [3.8, 4) is 0 Å². The zero-order valence-corrected chi connectivity index (χ0v) is 11.2. The largest absolute Gasteiger partial charge is 0.481 e. The first-order valence-electron chi connectivity index (χ1n) is 4.78. The van der Waals surface area contributed by atoms with Crippen LogP contribution in [0.5, 0.6) is 0 Å². The monoisotopic (exact) mass is 298 g/mol. The van der Waals surface area contributed by atoms with Gasteiger partial charge in [0.25, 0.3) is 0 Å². The van der Waals surface area contributed by atoms with E-state index in [2.05, 4.69) is 0 Å². The van der Waals surface area contributed by atoms with Crippen LogP contribution in [0.4, 0.5) is 4.39 Å². The topological polar surface area (TPSA) is 37.3 Å². The normalized spacial score (nSPS) is 13.5. The minimum absolute atomic E-state index is 0.0643. The van der Waals surface area contributed by atoms with Gasteiger partial charge in [-0.25, -0.2) is 4.39 Å². The highest BCUT2D eigenvalue weighted by atomic mass is 35.6. The number of rotatable bonds is 3. The molecule has 0 aromatic heterocycles. The Kier molecular flexibility index (Phi) is 4.64. The first-order valence-corrected chi connectivity index (χ1v) is 5.92. The van der Waals surface area contributed by atoms with Gasteiger partial charge < -0.3 is 5.11 Å². The van der Waals surface area contributed by atoms with Crippen molar-refractivity contribution in [1.82, 2.24) is 0 Å². The molecule has 0 spiro atoms. The average molecular weight is 300 g/mol. The molecular formula is C11H10Cl3FO2. The van der Waals surface area contributed by atoms with Crippen molar-refractivity contribution in [2.24, 2.45) is 0 Å². The lowest BCUT2D eigenvalue weighted by Gasteiger charge is -2.13. The molecule has 0 aliphatic carbocycles. The number of aliphatic carboxylic acids is 1. The van der Waals surface area contributed by atoms with Crippen molar-refractivity contribution in [2.45, 2.75) is 23.1 Å². The van der Waals surface area contributed by atoms with Crippen molar-refractivity contribution >= 4 is 40.8 Å². The van der Waals surface area contributed by atoms with E-state index in [1.807, 2.05) is 0 Å². The van der Waals surface area contributed by atoms with Crippen molar-refractivity contribution in [3.05, 3.63) is 35.1 Å². The second-order valence-electron chi connectivity index (χ2n) is 3.70. The highest BCUT2D eigenvalue weighted by molar-refractivity contribution is 6.67. The zero-order valence-electron chi connectivity index (χ0n) is 8.88. The lowest BCUT2D eigenvalue weighted by atomic mass is 9.99. The quantitative estimate of drug-likeness (QED) is 0.859. The maximum Gasteiger partial charge on any atom is 0.310 e. The number of carbonyl (C=O) groups is 1. The summed E-state index contributed by atoms with van der Waals surface area (Å²) in [6.07, 6.45) is -0.0643. The fourth-order valence-electron chi connectivity index (χ4n) is 1.33. The average Bonchev–Trinajstić information content (AvgIpc) is 2.18. The van der Waals surface area contributed by atoms with Gasteiger partial charge >= 0.3 is 5.97 Å². The molecule has 1 rings (SSSR count). The van der Waals surface area contributed by atoms with E-state index in [4.69, 9.17) is 39.9 Å². The molecule has 0 saturated heterocycles. The molecule has 2 nitrogen and oxygen atoms in total. The number of carboxylic acid groups (broad SMARTS) is 1. The van der Waals surface area contributed by atoms with Crippen molar-refractivity contribution in [3.63, 3.8) is 0 Å². The van der Waals surface area contributed by atoms with Crippen LogP contribution in [0.1, 0.15) is 24.0 Å². The minimum Gasteiger partial charge on any atom is -0.481 e. The van der Waals surface area contributed by atoms with Crippen LogP contribution in [-0.2, 0) is 11.2 Å². The third kappa shape index (κ3) is 4.34. The van der Waals surface area contributed by atoms with Crippen LogP contribution in [0.25, 0.3) is 0 Å². The van der Waals surface area contributed by atoms with Crippen LogP contribution < -0.4 is 0 Å². The standard InChI is InChI=1S/C11H10Cl3FO2/c1-6(10(16)17)7-2-3-8(9(15)4-7)5-11(12,13)14/h2-4,6H,5H2,1H3,(H,16,17). The maximum absolute atomic E-state index is 13.6. The molecule has 1 unspecified atom stereocenters. The molecule has 17 heavy (non-hydrogen) atoms. The predicted molar refractivity (Wildman–Crippen MR) is 66.4 cm³/mol. The number of benzene rings is 1. The molecule has 0 aliphatic rings. The van der Waals surface area contributed by atoms with Gasteiger partial charge in [0.1, 0.15) is 5.82 Å². The van der Waals surface area contributed by atoms with Crippen LogP contribution in [0.15, 0.2) is 18.2 Å². The third-order valence-electron chi connectivity index (χ3n) is 2.34. The number of halogens is 4. The van der Waals surface area contributed by atoms with E-state index in [1.54, 1.807) is 0 Å². The lowest BCUT2D eigenvalue weighted by molar-refractivity contribution is -0.138. The summed E-state index contributed by atoms with van der Waals surface area (Å²) in [5.74, 6) is -2.35. The molecule has 1 atom stereocenters. The smallest absolute Gasteiger partial charge is 0.310 e. The van der Waals surface area contributed by atoms with Crippen LogP contribution in [0.2, 0.25) is 0 Å². The first-order chi connectivity index (χ1) is 7.70. The fourth-order valence-corrected chi connectivity index (χ4v) is 1.77. The molecular weight excluding hydrogens is 289 g/mol. The molecule has 1 aromatic rings. The first kappa shape index (κ1) is 14.6. The molecule has 94 valence electrons. The van der Waals surface area contributed by atoms with Crippen LogP contribution in [0.3, 0.4) is 0 Å². The van der Waals surface area contributed by atoms with Crippen LogP contribution in [-0.4, -0.2) is 14.9 Å². The van der Waals surface area contributed by atoms with Crippen molar-refractivity contribution < 1.29 is 14.3 Å². The lowest BCUT2D eigenvalue weighted by Crippen LogP contribution is -2.11. The Morgan fingerprint density at radius 2 is 2.06 bits per heavy atom. The summed E-state index contributed by atoms with van der Waals surface area (Å²) >= 11 is 16.7. The van der Waals surface area contributed by atoms with E-state index in [9.17, 15) is 9.18 Å². The van der Waals surface area contributed by atoms with Gasteiger partial charge in [-0.15, -0.1) is 0 Å². The van der Waals surface area contributed by atoms with Gasteiger partial charge in [0.2, 0.25) is 0 Å². The highest BCUT2D eigenvalue weighted by Gasteiger charge is 2.23. The zero-order chi connectivity index (χ0) is 13.2. The molecule has 0 saturated carbocycles. The number of carboxylic acids is 1. The molecule has 0 radical (unpaired) electrons. The SMILES string of the molecule is CC(C(=O)O)c1ccc(CC(Cl)(Cl)Cl)c(F)c1. The number of hydrogen-bond acceptors (Lipinski definition) is 1. The molecule has 1 N–H and O–H groups in total. The molecule has 0 amide bonds. The minimum atomic E-state index is -1.57. The molecule has 6 heteroatoms. The van der Waals surface area contributed by atoms with E-state index >= 15 is 0 Å². The van der Waals surface area contributed by atoms with E-state index in [-0.39, 0.29) is 12.0 Å². The summed E-state index contributed by atoms with van der Waals surface area (Å²) in [6.45, 7) is 1.48. The Morgan fingerprint density at radius 3 is 2.47 bits per heavy atom. The summed E-state index contributed by atoms with van der Waals surface area (Å²) in [5, 5.41) is 8.80. The van der Waals surface area contributed by atoms with Gasteiger partial charge in [0, 0.05) is 6.42 Å². The molecule has 0 aliphatic heterocycles. The molecule has 0 bridgehead atoms. The third-order valence-corrected chi connectivity index (χ3v) is 2.74. The van der Waals surface area contributed by atoms with Gasteiger partial charge in [-0.3, -0.25) is 4.79 Å². The Morgan fingerprint density at radius 1 is 1.47 bits per heavy atom. The summed E-state index contributed by atoms with van der Waals surface area (Å²) in [5.41, 5.74) is 0.620. The molecule has 1 aromatic carbocycles. The van der Waals surface area contributed by atoms with E-state index in [0.29, 0.717) is 5.56 Å². The Bertz CT molecular complexity index is 429. The van der Waals surface area contributed by atoms with E-state index in [1.165, 1.54) is 19.1 Å². The van der Waals surface area contributed by atoms with E-state index in [0.717, 1.165) is 6.07 Å². The Hall–Kier alpha value is -0.510. The fraction of sp³-hybridized carbons (Fsp3) is 0.364. The summed E-state index contributed by atoms with van der Waals surface area (Å²) in [4.78, 5) is 10.7. The number of alkyl halides is 3. The predicted octanol–water partition coefficient (Wildman–Crippen LogP) is 3.93. The van der Waals surface area contributed by atoms with Crippen molar-refractivity contribution in [1.29, 1.82) is 0 Å². The highest BCUT2D eigenvalue weighted by Crippen LogP contribution is 2.31.